The van der Waals surface area contributed by atoms with Crippen molar-refractivity contribution in [1.29, 1.82) is 0 Å². The van der Waals surface area contributed by atoms with Gasteiger partial charge in [-0.1, -0.05) is 0 Å². The van der Waals surface area contributed by atoms with Crippen LogP contribution >= 0.6 is 0 Å². The Morgan fingerprint density at radius 1 is 1.10 bits per heavy atom. The van der Waals surface area contributed by atoms with Crippen molar-refractivity contribution < 1.29 is 18.3 Å². The van der Waals surface area contributed by atoms with Gasteiger partial charge in [0.2, 0.25) is 0 Å². The summed E-state index contributed by atoms with van der Waals surface area (Å²) in [5.74, 6) is -0.544. The minimum atomic E-state index is -0.536. The molecule has 0 saturated heterocycles. The Balaban J connectivity index is 2.37. The minimum Gasteiger partial charge on any atom is -0.494 e. The van der Waals surface area contributed by atoms with E-state index in [0.717, 1.165) is 0 Å². The first kappa shape index (κ1) is 14.9. The van der Waals surface area contributed by atoms with Crippen LogP contribution in [0.25, 0.3) is 0 Å². The molecule has 0 unspecified atom stereocenters. The maximum Gasteiger partial charge on any atom is 0.167 e. The van der Waals surface area contributed by atoms with E-state index < -0.39 is 11.6 Å². The molecule has 2 rings (SSSR count). The number of hydrogen-bond donors (Lipinski definition) is 2. The SMILES string of the molecule is CCOc1cc(Nc2ccc(F)cc2OC)c(N)cc1F. The molecule has 0 aliphatic heterocycles. The number of benzene rings is 2. The van der Waals surface area contributed by atoms with E-state index in [9.17, 15) is 8.78 Å². The van der Waals surface area contributed by atoms with Crippen LogP contribution in [0.15, 0.2) is 30.3 Å². The van der Waals surface area contributed by atoms with Crippen LogP contribution < -0.4 is 20.5 Å². The summed E-state index contributed by atoms with van der Waals surface area (Å²) in [6, 6.07) is 6.66. The zero-order chi connectivity index (χ0) is 15.4. The fourth-order valence-corrected chi connectivity index (χ4v) is 1.86. The van der Waals surface area contributed by atoms with Gasteiger partial charge in [-0.15, -0.1) is 0 Å². The van der Waals surface area contributed by atoms with E-state index in [2.05, 4.69) is 5.32 Å². The summed E-state index contributed by atoms with van der Waals surface area (Å²) in [7, 11) is 1.43. The summed E-state index contributed by atoms with van der Waals surface area (Å²) in [6.45, 7) is 2.09. The number of nitrogens with two attached hydrogens (primary N) is 1. The number of methoxy groups -OCH3 is 1. The molecule has 0 spiro atoms. The topological polar surface area (TPSA) is 56.5 Å². The van der Waals surface area contributed by atoms with E-state index in [1.54, 1.807) is 6.92 Å². The number of nitrogen functional groups attached to an aromatic ring is 1. The van der Waals surface area contributed by atoms with Crippen LogP contribution in [0.2, 0.25) is 0 Å². The highest BCUT2D eigenvalue weighted by Crippen LogP contribution is 2.34. The first-order valence-electron chi connectivity index (χ1n) is 6.37. The molecule has 0 aliphatic carbocycles. The zero-order valence-corrected chi connectivity index (χ0v) is 11.7. The lowest BCUT2D eigenvalue weighted by Gasteiger charge is -2.15. The van der Waals surface area contributed by atoms with E-state index in [1.165, 1.54) is 37.4 Å². The molecule has 2 aromatic rings. The van der Waals surface area contributed by atoms with Crippen molar-refractivity contribution in [2.24, 2.45) is 0 Å². The lowest BCUT2D eigenvalue weighted by atomic mass is 10.2. The van der Waals surface area contributed by atoms with Gasteiger partial charge < -0.3 is 20.5 Å². The molecule has 3 N–H and O–H groups in total. The first-order chi connectivity index (χ1) is 10.0. The largest absolute Gasteiger partial charge is 0.494 e. The Kier molecular flexibility index (Phi) is 4.47. The number of halogens is 2. The van der Waals surface area contributed by atoms with Crippen LogP contribution in [0.1, 0.15) is 6.92 Å². The molecular weight excluding hydrogens is 278 g/mol. The van der Waals surface area contributed by atoms with E-state index in [4.69, 9.17) is 15.2 Å². The average molecular weight is 294 g/mol. The number of anilines is 3. The predicted octanol–water partition coefficient (Wildman–Crippen LogP) is 3.70. The second-order valence-corrected chi connectivity index (χ2v) is 4.27. The van der Waals surface area contributed by atoms with Crippen molar-refractivity contribution in [2.45, 2.75) is 6.92 Å². The molecule has 6 heteroatoms. The lowest BCUT2D eigenvalue weighted by molar-refractivity contribution is 0.322. The van der Waals surface area contributed by atoms with Crippen molar-refractivity contribution in [3.8, 4) is 11.5 Å². The Morgan fingerprint density at radius 2 is 1.86 bits per heavy atom. The summed E-state index contributed by atoms with van der Waals surface area (Å²) in [5, 5.41) is 2.98. The zero-order valence-electron chi connectivity index (χ0n) is 11.7. The Morgan fingerprint density at radius 3 is 2.52 bits per heavy atom. The molecule has 0 heterocycles. The molecule has 0 aromatic heterocycles. The molecule has 0 bridgehead atoms. The van der Waals surface area contributed by atoms with Crippen LogP contribution in [0.3, 0.4) is 0 Å². The summed E-state index contributed by atoms with van der Waals surface area (Å²) in [4.78, 5) is 0. The fraction of sp³-hybridized carbons (Fsp3) is 0.200. The van der Waals surface area contributed by atoms with Crippen molar-refractivity contribution in [1.82, 2.24) is 0 Å². The van der Waals surface area contributed by atoms with Gasteiger partial charge in [-0.25, -0.2) is 8.78 Å². The molecule has 0 amide bonds. The second-order valence-electron chi connectivity index (χ2n) is 4.27. The van der Waals surface area contributed by atoms with E-state index >= 15 is 0 Å². The Bertz CT molecular complexity index is 648. The van der Waals surface area contributed by atoms with Crippen LogP contribution in [-0.2, 0) is 0 Å². The normalized spacial score (nSPS) is 10.3. The van der Waals surface area contributed by atoms with E-state index in [0.29, 0.717) is 23.7 Å². The standard InChI is InChI=1S/C15H16F2N2O2/c1-3-21-14-8-13(11(18)7-10(14)17)19-12-5-4-9(16)6-15(12)20-2/h4-8,19H,3,18H2,1-2H3. The van der Waals surface area contributed by atoms with Gasteiger partial charge in [-0.3, -0.25) is 0 Å². The highest BCUT2D eigenvalue weighted by Gasteiger charge is 2.11. The molecular formula is C15H16F2N2O2. The van der Waals surface area contributed by atoms with Gasteiger partial charge in [-0.05, 0) is 19.1 Å². The number of rotatable bonds is 5. The summed E-state index contributed by atoms with van der Waals surface area (Å²) < 4.78 is 37.1. The quantitative estimate of drug-likeness (QED) is 0.826. The van der Waals surface area contributed by atoms with Gasteiger partial charge >= 0.3 is 0 Å². The molecule has 0 saturated carbocycles. The molecule has 0 radical (unpaired) electrons. The number of ether oxygens (including phenoxy) is 2. The van der Waals surface area contributed by atoms with E-state index in [1.807, 2.05) is 0 Å². The second kappa shape index (κ2) is 6.30. The van der Waals surface area contributed by atoms with Crippen LogP contribution in [0.5, 0.6) is 11.5 Å². The number of nitrogens with one attached hydrogen (secondary N) is 1. The molecule has 0 aliphatic rings. The fourth-order valence-electron chi connectivity index (χ4n) is 1.86. The van der Waals surface area contributed by atoms with Crippen molar-refractivity contribution in [2.75, 3.05) is 24.8 Å². The smallest absolute Gasteiger partial charge is 0.167 e. The summed E-state index contributed by atoms with van der Waals surface area (Å²) >= 11 is 0. The average Bonchev–Trinajstić information content (AvgIpc) is 2.45. The van der Waals surface area contributed by atoms with Gasteiger partial charge in [-0.2, -0.15) is 0 Å². The summed E-state index contributed by atoms with van der Waals surface area (Å²) in [6.07, 6.45) is 0. The molecule has 0 atom stereocenters. The van der Waals surface area contributed by atoms with Gasteiger partial charge in [0.05, 0.1) is 30.8 Å². The molecule has 4 nitrogen and oxygen atoms in total. The van der Waals surface area contributed by atoms with Gasteiger partial charge in [0.1, 0.15) is 11.6 Å². The number of hydrogen-bond acceptors (Lipinski definition) is 4. The molecule has 21 heavy (non-hydrogen) atoms. The third-order valence-electron chi connectivity index (χ3n) is 2.84. The monoisotopic (exact) mass is 294 g/mol. The minimum absolute atomic E-state index is 0.0929. The Labute approximate surface area is 121 Å². The van der Waals surface area contributed by atoms with E-state index in [-0.39, 0.29) is 11.4 Å². The van der Waals surface area contributed by atoms with Crippen LogP contribution in [0, 0.1) is 11.6 Å². The van der Waals surface area contributed by atoms with Gasteiger partial charge in [0.25, 0.3) is 0 Å². The predicted molar refractivity (Wildman–Crippen MR) is 78.2 cm³/mol. The van der Waals surface area contributed by atoms with Crippen molar-refractivity contribution >= 4 is 17.1 Å². The van der Waals surface area contributed by atoms with Crippen molar-refractivity contribution in [3.05, 3.63) is 42.0 Å². The third-order valence-corrected chi connectivity index (χ3v) is 2.84. The molecule has 112 valence electrons. The van der Waals surface area contributed by atoms with Gasteiger partial charge in [0.15, 0.2) is 11.6 Å². The Hall–Kier alpha value is -2.50. The van der Waals surface area contributed by atoms with Gasteiger partial charge in [0, 0.05) is 18.2 Å². The third kappa shape index (κ3) is 3.34. The summed E-state index contributed by atoms with van der Waals surface area (Å²) in [5.41, 5.74) is 6.96. The van der Waals surface area contributed by atoms with Crippen molar-refractivity contribution in [3.63, 3.8) is 0 Å². The van der Waals surface area contributed by atoms with Crippen LogP contribution in [-0.4, -0.2) is 13.7 Å². The maximum atomic E-state index is 13.6. The highest BCUT2D eigenvalue weighted by atomic mass is 19.1. The highest BCUT2D eigenvalue weighted by molar-refractivity contribution is 5.76. The van der Waals surface area contributed by atoms with Crippen LogP contribution in [0.4, 0.5) is 25.8 Å². The lowest BCUT2D eigenvalue weighted by Crippen LogP contribution is -2.02. The molecule has 0 fully saturated rings. The first-order valence-corrected chi connectivity index (χ1v) is 6.37. The molecule has 2 aromatic carbocycles. The maximum absolute atomic E-state index is 13.6.